The van der Waals surface area contributed by atoms with Gasteiger partial charge in [0.05, 0.1) is 5.69 Å². The van der Waals surface area contributed by atoms with Crippen molar-refractivity contribution >= 4 is 51.6 Å². The topological polar surface area (TPSA) is 42.9 Å². The van der Waals surface area contributed by atoms with Gasteiger partial charge in [-0.2, -0.15) is 0 Å². The maximum Gasteiger partial charge on any atom is 0.191 e. The van der Waals surface area contributed by atoms with E-state index in [1.165, 1.54) is 5.69 Å². The van der Waals surface area contributed by atoms with Crippen molar-refractivity contribution in [1.82, 2.24) is 15.5 Å². The Kier molecular flexibility index (Phi) is 9.99. The Hall–Kier alpha value is -0.540. The number of guanidine groups is 1. The lowest BCUT2D eigenvalue weighted by atomic mass is 10.3. The smallest absolute Gasteiger partial charge is 0.191 e. The van der Waals surface area contributed by atoms with Gasteiger partial charge in [-0.15, -0.1) is 24.0 Å². The van der Waals surface area contributed by atoms with Gasteiger partial charge in [0, 0.05) is 43.7 Å². The van der Waals surface area contributed by atoms with Crippen LogP contribution in [0.25, 0.3) is 0 Å². The number of para-hydroxylation sites is 1. The molecule has 0 aromatic heterocycles. The number of anilines is 1. The Labute approximate surface area is 171 Å². The fourth-order valence-corrected chi connectivity index (χ4v) is 3.25. The van der Waals surface area contributed by atoms with Gasteiger partial charge in [-0.3, -0.25) is 4.99 Å². The molecule has 0 saturated carbocycles. The van der Waals surface area contributed by atoms with E-state index in [0.29, 0.717) is 6.04 Å². The van der Waals surface area contributed by atoms with Crippen LogP contribution in [0.5, 0.6) is 0 Å². The second-order valence-electron chi connectivity index (χ2n) is 5.92. The molecule has 2 N–H and O–H groups in total. The third-order valence-electron chi connectivity index (χ3n) is 4.27. The van der Waals surface area contributed by atoms with Gasteiger partial charge in [0.25, 0.3) is 0 Å². The zero-order valence-corrected chi connectivity index (χ0v) is 18.7. The third kappa shape index (κ3) is 6.40. The van der Waals surface area contributed by atoms with E-state index in [1.54, 1.807) is 0 Å². The van der Waals surface area contributed by atoms with Gasteiger partial charge in [0.1, 0.15) is 0 Å². The third-order valence-corrected chi connectivity index (χ3v) is 4.94. The van der Waals surface area contributed by atoms with Gasteiger partial charge < -0.3 is 20.4 Å². The summed E-state index contributed by atoms with van der Waals surface area (Å²) in [7, 11) is 3.96. The van der Waals surface area contributed by atoms with Crippen LogP contribution in [0, 0.1) is 0 Å². The molecule has 0 spiro atoms. The molecule has 1 aromatic rings. The Morgan fingerprint density at radius 1 is 1.42 bits per heavy atom. The van der Waals surface area contributed by atoms with Crippen LogP contribution in [0.15, 0.2) is 33.7 Å². The molecule has 1 unspecified atom stereocenters. The van der Waals surface area contributed by atoms with Crippen LogP contribution < -0.4 is 15.5 Å². The minimum atomic E-state index is 0. The van der Waals surface area contributed by atoms with Crippen LogP contribution in [-0.4, -0.2) is 63.7 Å². The first-order valence-electron chi connectivity index (χ1n) is 8.29. The Morgan fingerprint density at radius 3 is 2.83 bits per heavy atom. The summed E-state index contributed by atoms with van der Waals surface area (Å²) >= 11 is 3.64. The highest BCUT2D eigenvalue weighted by Crippen LogP contribution is 2.28. The van der Waals surface area contributed by atoms with Crippen molar-refractivity contribution in [3.8, 4) is 0 Å². The van der Waals surface area contributed by atoms with E-state index in [9.17, 15) is 0 Å². The molecule has 7 heteroatoms. The van der Waals surface area contributed by atoms with E-state index in [4.69, 9.17) is 0 Å². The lowest BCUT2D eigenvalue weighted by Crippen LogP contribution is -2.46. The molecule has 136 valence electrons. The predicted molar refractivity (Wildman–Crippen MR) is 118 cm³/mol. The van der Waals surface area contributed by atoms with E-state index in [2.05, 4.69) is 79.6 Å². The van der Waals surface area contributed by atoms with Crippen molar-refractivity contribution in [3.05, 3.63) is 28.7 Å². The van der Waals surface area contributed by atoms with Crippen LogP contribution in [-0.2, 0) is 0 Å². The lowest BCUT2D eigenvalue weighted by Gasteiger charge is -2.22. The molecule has 1 fully saturated rings. The zero-order valence-electron chi connectivity index (χ0n) is 14.8. The molecule has 0 bridgehead atoms. The fraction of sp³-hybridized carbons (Fsp3) is 0.588. The van der Waals surface area contributed by atoms with E-state index in [1.807, 2.05) is 7.05 Å². The summed E-state index contributed by atoms with van der Waals surface area (Å²) in [5, 5.41) is 6.94. The number of likely N-dealkylation sites (N-methyl/N-ethyl adjacent to an activating group) is 1. The van der Waals surface area contributed by atoms with Crippen molar-refractivity contribution in [2.24, 2.45) is 4.99 Å². The van der Waals surface area contributed by atoms with Crippen LogP contribution in [0.3, 0.4) is 0 Å². The van der Waals surface area contributed by atoms with Crippen molar-refractivity contribution in [1.29, 1.82) is 0 Å². The molecule has 1 heterocycles. The fourth-order valence-electron chi connectivity index (χ4n) is 2.72. The number of benzene rings is 1. The highest BCUT2D eigenvalue weighted by molar-refractivity contribution is 14.0. The minimum absolute atomic E-state index is 0. The van der Waals surface area contributed by atoms with E-state index in [-0.39, 0.29) is 24.0 Å². The number of nitrogens with one attached hydrogen (secondary N) is 2. The number of nitrogens with zero attached hydrogens (tertiary/aromatic N) is 3. The molecule has 0 amide bonds. The van der Waals surface area contributed by atoms with Crippen LogP contribution in [0.4, 0.5) is 5.69 Å². The zero-order chi connectivity index (χ0) is 16.7. The van der Waals surface area contributed by atoms with Crippen LogP contribution in [0.2, 0.25) is 0 Å². The largest absolute Gasteiger partial charge is 0.368 e. The summed E-state index contributed by atoms with van der Waals surface area (Å²) in [6.07, 6.45) is 1.12. The maximum absolute atomic E-state index is 4.34. The number of halogens is 2. The number of aliphatic imine (C=N–C) groups is 1. The monoisotopic (exact) mass is 509 g/mol. The first kappa shape index (κ1) is 21.5. The van der Waals surface area contributed by atoms with Crippen LogP contribution in [0.1, 0.15) is 13.3 Å². The van der Waals surface area contributed by atoms with E-state index < -0.39 is 0 Å². The van der Waals surface area contributed by atoms with E-state index >= 15 is 0 Å². The highest BCUT2D eigenvalue weighted by Gasteiger charge is 2.24. The molecular weight excluding hydrogens is 481 g/mol. The van der Waals surface area contributed by atoms with Crippen molar-refractivity contribution < 1.29 is 0 Å². The van der Waals surface area contributed by atoms with Gasteiger partial charge in [0.2, 0.25) is 0 Å². The summed E-state index contributed by atoms with van der Waals surface area (Å²) in [5.41, 5.74) is 1.27. The average molecular weight is 510 g/mol. The molecular formula is C17H29BrIN5. The standard InChI is InChI=1S/C17H28BrN5.HI/c1-4-22(3)12-10-20-17(19-2)21-14-9-11-23(13-14)16-8-6-5-7-15(16)18;/h5-8,14H,4,9-13H2,1-3H3,(H2,19,20,21);1H. The highest BCUT2D eigenvalue weighted by atomic mass is 127. The first-order valence-corrected chi connectivity index (χ1v) is 9.08. The van der Waals surface area contributed by atoms with Gasteiger partial charge in [-0.25, -0.2) is 0 Å². The second-order valence-corrected chi connectivity index (χ2v) is 6.78. The average Bonchev–Trinajstić information content (AvgIpc) is 3.02. The second kappa shape index (κ2) is 11.1. The van der Waals surface area contributed by atoms with Crippen molar-refractivity contribution in [2.45, 2.75) is 19.4 Å². The molecule has 1 saturated heterocycles. The van der Waals surface area contributed by atoms with Crippen molar-refractivity contribution in [2.75, 3.05) is 51.7 Å². The number of rotatable bonds is 6. The Bertz CT molecular complexity index is 525. The lowest BCUT2D eigenvalue weighted by molar-refractivity contribution is 0.357. The molecule has 24 heavy (non-hydrogen) atoms. The van der Waals surface area contributed by atoms with E-state index in [0.717, 1.165) is 49.6 Å². The van der Waals surface area contributed by atoms with Crippen LogP contribution >= 0.6 is 39.9 Å². The molecule has 1 aromatic carbocycles. The summed E-state index contributed by atoms with van der Waals surface area (Å²) in [5.74, 6) is 0.897. The maximum atomic E-state index is 4.34. The SMILES string of the molecule is CCN(C)CCNC(=NC)NC1CCN(c2ccccc2Br)C1.I. The Balaban J connectivity index is 0.00000288. The first-order chi connectivity index (χ1) is 11.1. The minimum Gasteiger partial charge on any atom is -0.368 e. The van der Waals surface area contributed by atoms with Gasteiger partial charge in [0.15, 0.2) is 5.96 Å². The molecule has 2 rings (SSSR count). The Morgan fingerprint density at radius 2 is 2.17 bits per heavy atom. The number of hydrogen-bond donors (Lipinski definition) is 2. The van der Waals surface area contributed by atoms with Crippen molar-refractivity contribution in [3.63, 3.8) is 0 Å². The summed E-state index contributed by atoms with van der Waals surface area (Å²) < 4.78 is 1.16. The predicted octanol–water partition coefficient (Wildman–Crippen LogP) is 2.76. The quantitative estimate of drug-likeness (QED) is 0.351. The molecule has 1 atom stereocenters. The molecule has 1 aliphatic heterocycles. The molecule has 0 radical (unpaired) electrons. The van der Waals surface area contributed by atoms with Gasteiger partial charge in [-0.1, -0.05) is 19.1 Å². The summed E-state index contributed by atoms with van der Waals surface area (Å²) in [4.78, 5) is 9.04. The molecule has 0 aliphatic carbocycles. The van der Waals surface area contributed by atoms with Gasteiger partial charge in [-0.05, 0) is 48.1 Å². The number of hydrogen-bond acceptors (Lipinski definition) is 3. The summed E-state index contributed by atoms with van der Waals surface area (Å²) in [6.45, 7) is 7.23. The van der Waals surface area contributed by atoms with Gasteiger partial charge >= 0.3 is 0 Å². The summed E-state index contributed by atoms with van der Waals surface area (Å²) in [6, 6.07) is 8.84. The molecule has 1 aliphatic rings. The molecule has 5 nitrogen and oxygen atoms in total. The normalized spacial score (nSPS) is 17.8.